The first kappa shape index (κ1) is 23.8. The highest BCUT2D eigenvalue weighted by molar-refractivity contribution is 14.0. The number of nitrogens with zero attached hydrogens (tertiary/aromatic N) is 2. The molecule has 0 aliphatic carbocycles. The van der Waals surface area contributed by atoms with Crippen molar-refractivity contribution in [2.24, 2.45) is 4.99 Å². The van der Waals surface area contributed by atoms with Crippen molar-refractivity contribution in [3.05, 3.63) is 34.9 Å². The van der Waals surface area contributed by atoms with Crippen LogP contribution in [0.2, 0.25) is 5.02 Å². The van der Waals surface area contributed by atoms with Gasteiger partial charge in [0.1, 0.15) is 6.54 Å². The first-order valence-electron chi connectivity index (χ1n) is 7.21. The summed E-state index contributed by atoms with van der Waals surface area (Å²) in [7, 11) is 2.62. The number of hydrogen-bond donors (Lipinski definition) is 2. The Balaban J connectivity index is 0.00000576. The van der Waals surface area contributed by atoms with Gasteiger partial charge in [0.15, 0.2) is 5.96 Å². The molecule has 0 heterocycles. The number of amides is 1. The number of alkyl halides is 3. The number of rotatable bonds is 6. The summed E-state index contributed by atoms with van der Waals surface area (Å²) < 4.78 is 36.7. The zero-order chi connectivity index (χ0) is 18.2. The summed E-state index contributed by atoms with van der Waals surface area (Å²) in [5.74, 6) is -0.337. The van der Waals surface area contributed by atoms with E-state index < -0.39 is 18.6 Å². The average Bonchev–Trinajstić information content (AvgIpc) is 2.48. The highest BCUT2D eigenvalue weighted by Crippen LogP contribution is 2.15. The van der Waals surface area contributed by atoms with E-state index in [9.17, 15) is 18.0 Å². The van der Waals surface area contributed by atoms with Crippen LogP contribution in [0.15, 0.2) is 29.3 Å². The molecule has 10 heteroatoms. The topological polar surface area (TPSA) is 56.7 Å². The summed E-state index contributed by atoms with van der Waals surface area (Å²) in [5, 5.41) is 6.32. The number of likely N-dealkylation sites (N-methyl/N-ethyl adjacent to an activating group) is 1. The maximum atomic E-state index is 12.2. The summed E-state index contributed by atoms with van der Waals surface area (Å²) in [5.41, 5.74) is 1.03. The molecule has 0 aliphatic rings. The van der Waals surface area contributed by atoms with Crippen LogP contribution in [0.25, 0.3) is 0 Å². The normalized spacial score (nSPS) is 11.5. The SMILES string of the molecule is CN=C(NCCc1cccc(Cl)c1)NCC(=O)N(C)CC(F)(F)F.I. The summed E-state index contributed by atoms with van der Waals surface area (Å²) in [6, 6.07) is 7.40. The van der Waals surface area contributed by atoms with Gasteiger partial charge >= 0.3 is 6.18 Å². The molecule has 1 aromatic carbocycles. The fourth-order valence-electron chi connectivity index (χ4n) is 1.89. The largest absolute Gasteiger partial charge is 0.406 e. The van der Waals surface area contributed by atoms with Gasteiger partial charge in [0, 0.05) is 25.7 Å². The third-order valence-electron chi connectivity index (χ3n) is 3.07. The Labute approximate surface area is 167 Å². The lowest BCUT2D eigenvalue weighted by Gasteiger charge is -2.20. The van der Waals surface area contributed by atoms with Crippen molar-refractivity contribution in [1.29, 1.82) is 0 Å². The number of guanidine groups is 1. The zero-order valence-electron chi connectivity index (χ0n) is 13.9. The maximum Gasteiger partial charge on any atom is 0.406 e. The van der Waals surface area contributed by atoms with Crippen LogP contribution in [-0.2, 0) is 11.2 Å². The number of aliphatic imine (C=N–C) groups is 1. The van der Waals surface area contributed by atoms with E-state index in [1.54, 1.807) is 6.07 Å². The fourth-order valence-corrected chi connectivity index (χ4v) is 2.10. The van der Waals surface area contributed by atoms with Crippen molar-refractivity contribution >= 4 is 47.4 Å². The minimum atomic E-state index is -4.42. The molecule has 0 fully saturated rings. The van der Waals surface area contributed by atoms with Gasteiger partial charge in [-0.1, -0.05) is 23.7 Å². The molecule has 0 unspecified atom stereocenters. The fraction of sp³-hybridized carbons (Fsp3) is 0.467. The van der Waals surface area contributed by atoms with Gasteiger partial charge in [-0.15, -0.1) is 24.0 Å². The maximum absolute atomic E-state index is 12.2. The van der Waals surface area contributed by atoms with Crippen LogP contribution in [0.3, 0.4) is 0 Å². The number of nitrogens with one attached hydrogen (secondary N) is 2. The number of hydrogen-bond acceptors (Lipinski definition) is 2. The van der Waals surface area contributed by atoms with E-state index in [0.29, 0.717) is 28.8 Å². The van der Waals surface area contributed by atoms with Crippen molar-refractivity contribution < 1.29 is 18.0 Å². The van der Waals surface area contributed by atoms with Crippen LogP contribution in [0.4, 0.5) is 13.2 Å². The molecule has 0 bridgehead atoms. The lowest BCUT2D eigenvalue weighted by atomic mass is 10.1. The Bertz CT molecular complexity index is 584. The van der Waals surface area contributed by atoms with Crippen molar-refractivity contribution in [2.45, 2.75) is 12.6 Å². The van der Waals surface area contributed by atoms with Gasteiger partial charge in [0.25, 0.3) is 0 Å². The standard InChI is InChI=1S/C15H20ClF3N4O.HI/c1-20-14(21-7-6-11-4-3-5-12(16)8-11)22-9-13(24)23(2)10-15(17,18)19;/h3-5,8H,6-7,9-10H2,1-2H3,(H2,20,21,22);1H. The van der Waals surface area contributed by atoms with E-state index in [2.05, 4.69) is 15.6 Å². The van der Waals surface area contributed by atoms with E-state index in [-0.39, 0.29) is 30.5 Å². The minimum Gasteiger partial charge on any atom is -0.356 e. The Kier molecular flexibility index (Phi) is 10.8. The number of carbonyl (C=O) groups excluding carboxylic acids is 1. The third kappa shape index (κ3) is 10.4. The second kappa shape index (κ2) is 11.4. The monoisotopic (exact) mass is 492 g/mol. The van der Waals surface area contributed by atoms with Crippen LogP contribution in [-0.4, -0.2) is 56.7 Å². The summed E-state index contributed by atoms with van der Waals surface area (Å²) in [6.45, 7) is -1.02. The Morgan fingerprint density at radius 1 is 1.32 bits per heavy atom. The Hall–Kier alpha value is -1.23. The lowest BCUT2D eigenvalue weighted by Crippen LogP contribution is -2.45. The van der Waals surface area contributed by atoms with Crippen molar-refractivity contribution in [3.8, 4) is 0 Å². The van der Waals surface area contributed by atoms with Crippen molar-refractivity contribution in [3.63, 3.8) is 0 Å². The first-order chi connectivity index (χ1) is 11.2. The molecule has 1 aromatic rings. The smallest absolute Gasteiger partial charge is 0.356 e. The van der Waals surface area contributed by atoms with Crippen LogP contribution in [0.1, 0.15) is 5.56 Å². The number of benzene rings is 1. The van der Waals surface area contributed by atoms with E-state index >= 15 is 0 Å². The molecule has 1 amide bonds. The molecule has 142 valence electrons. The van der Waals surface area contributed by atoms with Crippen molar-refractivity contribution in [2.75, 3.05) is 33.7 Å². The molecule has 25 heavy (non-hydrogen) atoms. The van der Waals surface area contributed by atoms with E-state index in [4.69, 9.17) is 11.6 Å². The molecule has 0 saturated heterocycles. The quantitative estimate of drug-likeness (QED) is 0.365. The van der Waals surface area contributed by atoms with E-state index in [1.165, 1.54) is 7.05 Å². The molecule has 0 spiro atoms. The highest BCUT2D eigenvalue weighted by Gasteiger charge is 2.31. The molecule has 0 atom stereocenters. The molecular weight excluding hydrogens is 472 g/mol. The summed E-state index contributed by atoms with van der Waals surface area (Å²) in [4.78, 5) is 16.2. The van der Waals surface area contributed by atoms with E-state index in [1.807, 2.05) is 18.2 Å². The highest BCUT2D eigenvalue weighted by atomic mass is 127. The Morgan fingerprint density at radius 2 is 2.00 bits per heavy atom. The molecule has 0 radical (unpaired) electrons. The van der Waals surface area contributed by atoms with Gasteiger partial charge in [-0.05, 0) is 24.1 Å². The van der Waals surface area contributed by atoms with Gasteiger partial charge in [0.05, 0.1) is 6.54 Å². The minimum absolute atomic E-state index is 0. The molecule has 0 aromatic heterocycles. The molecule has 0 saturated carbocycles. The van der Waals surface area contributed by atoms with Gasteiger partial charge in [-0.3, -0.25) is 9.79 Å². The zero-order valence-corrected chi connectivity index (χ0v) is 16.9. The lowest BCUT2D eigenvalue weighted by molar-refractivity contribution is -0.157. The van der Waals surface area contributed by atoms with Crippen LogP contribution in [0.5, 0.6) is 0 Å². The van der Waals surface area contributed by atoms with Crippen LogP contribution >= 0.6 is 35.6 Å². The first-order valence-corrected chi connectivity index (χ1v) is 7.59. The van der Waals surface area contributed by atoms with Gasteiger partial charge in [-0.25, -0.2) is 0 Å². The predicted molar refractivity (Wildman–Crippen MR) is 104 cm³/mol. The molecule has 2 N–H and O–H groups in total. The number of carbonyl (C=O) groups is 1. The second-order valence-corrected chi connectivity index (χ2v) is 5.53. The molecule has 5 nitrogen and oxygen atoms in total. The summed E-state index contributed by atoms with van der Waals surface area (Å²) >= 11 is 5.89. The van der Waals surface area contributed by atoms with Gasteiger partial charge in [-0.2, -0.15) is 13.2 Å². The third-order valence-corrected chi connectivity index (χ3v) is 3.30. The summed E-state index contributed by atoms with van der Waals surface area (Å²) in [6.07, 6.45) is -3.73. The van der Waals surface area contributed by atoms with Gasteiger partial charge in [0.2, 0.25) is 5.91 Å². The van der Waals surface area contributed by atoms with Crippen LogP contribution < -0.4 is 10.6 Å². The van der Waals surface area contributed by atoms with Crippen molar-refractivity contribution in [1.82, 2.24) is 15.5 Å². The molecular formula is C15H21ClF3IN4O. The predicted octanol–water partition coefficient (Wildman–Crippen LogP) is 2.69. The van der Waals surface area contributed by atoms with Gasteiger partial charge < -0.3 is 15.5 Å². The van der Waals surface area contributed by atoms with Crippen LogP contribution in [0, 0.1) is 0 Å². The molecule has 0 aliphatic heterocycles. The number of halogens is 5. The Morgan fingerprint density at radius 3 is 2.56 bits per heavy atom. The average molecular weight is 493 g/mol. The second-order valence-electron chi connectivity index (χ2n) is 5.10. The van der Waals surface area contributed by atoms with E-state index in [0.717, 1.165) is 12.6 Å². The molecule has 1 rings (SSSR count).